The molecule has 1 aromatic rings. The van der Waals surface area contributed by atoms with Crippen LogP contribution in [0.5, 0.6) is 5.88 Å². The van der Waals surface area contributed by atoms with E-state index in [2.05, 4.69) is 16.4 Å². The van der Waals surface area contributed by atoms with Gasteiger partial charge in [-0.1, -0.05) is 6.08 Å². The van der Waals surface area contributed by atoms with Crippen LogP contribution in [0.3, 0.4) is 0 Å². The van der Waals surface area contributed by atoms with Crippen LogP contribution in [0, 0.1) is 5.41 Å². The van der Waals surface area contributed by atoms with Crippen molar-refractivity contribution in [1.82, 2.24) is 15.2 Å². The fourth-order valence-electron chi connectivity index (χ4n) is 3.97. The number of allylic oxidation sites excluding steroid dienone is 1. The maximum Gasteiger partial charge on any atom is 0.252 e. The van der Waals surface area contributed by atoms with E-state index in [-0.39, 0.29) is 17.2 Å². The quantitative estimate of drug-likeness (QED) is 0.792. The van der Waals surface area contributed by atoms with E-state index in [1.54, 1.807) is 19.2 Å². The SMILES string of the molecule is COCCN1C(=O)CCC2(CNC(=O)c3ccc(OC)nc3)CCCC=C12. The van der Waals surface area contributed by atoms with Crippen LogP contribution in [0.15, 0.2) is 30.1 Å². The van der Waals surface area contributed by atoms with Gasteiger partial charge in [-0.2, -0.15) is 0 Å². The highest BCUT2D eigenvalue weighted by Gasteiger charge is 2.44. The average molecular weight is 373 g/mol. The normalized spacial score (nSPS) is 22.1. The second-order valence-electron chi connectivity index (χ2n) is 7.07. The minimum atomic E-state index is -0.185. The molecule has 1 atom stereocenters. The number of likely N-dealkylation sites (tertiary alicyclic amines) is 1. The summed E-state index contributed by atoms with van der Waals surface area (Å²) in [6.07, 6.45) is 7.94. The lowest BCUT2D eigenvalue weighted by Gasteiger charge is -2.47. The zero-order valence-electron chi connectivity index (χ0n) is 16.0. The van der Waals surface area contributed by atoms with Crippen molar-refractivity contribution in [3.63, 3.8) is 0 Å². The van der Waals surface area contributed by atoms with Crippen LogP contribution in [0.25, 0.3) is 0 Å². The summed E-state index contributed by atoms with van der Waals surface area (Å²) in [5.74, 6) is 0.452. The summed E-state index contributed by atoms with van der Waals surface area (Å²) < 4.78 is 10.2. The summed E-state index contributed by atoms with van der Waals surface area (Å²) in [6.45, 7) is 1.57. The molecule has 27 heavy (non-hydrogen) atoms. The number of amides is 2. The fourth-order valence-corrected chi connectivity index (χ4v) is 3.97. The van der Waals surface area contributed by atoms with Crippen molar-refractivity contribution in [2.45, 2.75) is 32.1 Å². The van der Waals surface area contributed by atoms with E-state index in [9.17, 15) is 9.59 Å². The third kappa shape index (κ3) is 4.13. The fraction of sp³-hybridized carbons (Fsp3) is 0.550. The predicted octanol–water partition coefficient (Wildman–Crippen LogP) is 2.14. The van der Waals surface area contributed by atoms with Gasteiger partial charge in [-0.3, -0.25) is 9.59 Å². The molecule has 1 fully saturated rings. The maximum absolute atomic E-state index is 12.6. The first-order valence-corrected chi connectivity index (χ1v) is 9.38. The summed E-state index contributed by atoms with van der Waals surface area (Å²) in [5.41, 5.74) is 1.36. The zero-order chi connectivity index (χ0) is 19.3. The lowest BCUT2D eigenvalue weighted by atomic mass is 9.69. The molecule has 1 saturated heterocycles. The minimum absolute atomic E-state index is 0.140. The number of nitrogens with zero attached hydrogens (tertiary/aromatic N) is 2. The van der Waals surface area contributed by atoms with Gasteiger partial charge in [0.15, 0.2) is 0 Å². The number of pyridine rings is 1. The number of hydrogen-bond donors (Lipinski definition) is 1. The lowest BCUT2D eigenvalue weighted by Crippen LogP contribution is -2.51. The molecule has 1 aliphatic carbocycles. The predicted molar refractivity (Wildman–Crippen MR) is 100 cm³/mol. The number of rotatable bonds is 7. The Balaban J connectivity index is 1.73. The standard InChI is InChI=1S/C20H27N3O4/c1-26-12-11-23-16-5-3-4-9-20(16,10-8-18(23)24)14-22-19(25)15-6-7-17(27-2)21-13-15/h5-7,13H,3-4,8-12,14H2,1-2H3,(H,22,25). The Bertz CT molecular complexity index is 716. The largest absolute Gasteiger partial charge is 0.481 e. The minimum Gasteiger partial charge on any atom is -0.481 e. The molecule has 0 radical (unpaired) electrons. The van der Waals surface area contributed by atoms with E-state index in [1.165, 1.54) is 13.3 Å². The molecule has 7 heteroatoms. The molecule has 146 valence electrons. The van der Waals surface area contributed by atoms with Gasteiger partial charge in [-0.25, -0.2) is 4.98 Å². The van der Waals surface area contributed by atoms with E-state index in [1.807, 2.05) is 4.90 Å². The van der Waals surface area contributed by atoms with Crippen molar-refractivity contribution < 1.29 is 19.1 Å². The smallest absolute Gasteiger partial charge is 0.252 e. The van der Waals surface area contributed by atoms with Gasteiger partial charge < -0.3 is 19.7 Å². The first-order chi connectivity index (χ1) is 13.1. The summed E-state index contributed by atoms with van der Waals surface area (Å²) in [6, 6.07) is 3.37. The van der Waals surface area contributed by atoms with Gasteiger partial charge in [-0.15, -0.1) is 0 Å². The number of carbonyl (C=O) groups is 2. The van der Waals surface area contributed by atoms with Crippen molar-refractivity contribution in [1.29, 1.82) is 0 Å². The highest BCUT2D eigenvalue weighted by Crippen LogP contribution is 2.46. The number of hydrogen-bond acceptors (Lipinski definition) is 5. The molecular weight excluding hydrogens is 346 g/mol. The second-order valence-corrected chi connectivity index (χ2v) is 7.07. The number of ether oxygens (including phenoxy) is 2. The van der Waals surface area contributed by atoms with Gasteiger partial charge in [0, 0.05) is 50.0 Å². The topological polar surface area (TPSA) is 80.8 Å². The molecule has 2 amide bonds. The summed E-state index contributed by atoms with van der Waals surface area (Å²) in [7, 11) is 3.18. The molecule has 0 saturated carbocycles. The number of aromatic nitrogens is 1. The molecule has 3 rings (SSSR count). The molecule has 2 aliphatic rings. The van der Waals surface area contributed by atoms with Crippen molar-refractivity contribution >= 4 is 11.8 Å². The Morgan fingerprint density at radius 3 is 2.89 bits per heavy atom. The third-order valence-corrected chi connectivity index (χ3v) is 5.46. The molecule has 0 spiro atoms. The van der Waals surface area contributed by atoms with Crippen LogP contribution in [-0.2, 0) is 9.53 Å². The van der Waals surface area contributed by atoms with Crippen LogP contribution >= 0.6 is 0 Å². The lowest BCUT2D eigenvalue weighted by molar-refractivity contribution is -0.134. The van der Waals surface area contributed by atoms with Gasteiger partial charge >= 0.3 is 0 Å². The molecule has 1 N–H and O–H groups in total. The molecule has 2 heterocycles. The van der Waals surface area contributed by atoms with E-state index >= 15 is 0 Å². The molecule has 1 aliphatic heterocycles. The van der Waals surface area contributed by atoms with Crippen LogP contribution in [0.1, 0.15) is 42.5 Å². The summed E-state index contributed by atoms with van der Waals surface area (Å²) >= 11 is 0. The number of nitrogens with one attached hydrogen (secondary N) is 1. The Morgan fingerprint density at radius 1 is 1.33 bits per heavy atom. The van der Waals surface area contributed by atoms with Gasteiger partial charge in [0.2, 0.25) is 11.8 Å². The first kappa shape index (κ1) is 19.4. The highest BCUT2D eigenvalue weighted by atomic mass is 16.5. The van der Waals surface area contributed by atoms with Crippen LogP contribution in [0.2, 0.25) is 0 Å². The van der Waals surface area contributed by atoms with Crippen molar-refractivity contribution in [2.24, 2.45) is 5.41 Å². The third-order valence-electron chi connectivity index (χ3n) is 5.46. The van der Waals surface area contributed by atoms with Gasteiger partial charge in [0.25, 0.3) is 5.91 Å². The van der Waals surface area contributed by atoms with Gasteiger partial charge in [0.05, 0.1) is 19.3 Å². The van der Waals surface area contributed by atoms with E-state index in [0.717, 1.165) is 31.4 Å². The number of methoxy groups -OCH3 is 2. The maximum atomic E-state index is 12.6. The van der Waals surface area contributed by atoms with Crippen molar-refractivity contribution in [2.75, 3.05) is 33.9 Å². The molecule has 1 aromatic heterocycles. The highest BCUT2D eigenvalue weighted by molar-refractivity contribution is 5.94. The summed E-state index contributed by atoms with van der Waals surface area (Å²) in [4.78, 5) is 30.9. The Hall–Kier alpha value is -2.41. The van der Waals surface area contributed by atoms with Gasteiger partial charge in [0.1, 0.15) is 0 Å². The summed E-state index contributed by atoms with van der Waals surface area (Å²) in [5, 5.41) is 3.06. The van der Waals surface area contributed by atoms with E-state index in [0.29, 0.717) is 37.6 Å². The number of carbonyl (C=O) groups excluding carboxylic acids is 2. The molecule has 1 unspecified atom stereocenters. The molecule has 0 bridgehead atoms. The Morgan fingerprint density at radius 2 is 2.19 bits per heavy atom. The van der Waals surface area contributed by atoms with Crippen LogP contribution in [0.4, 0.5) is 0 Å². The van der Waals surface area contributed by atoms with Crippen molar-refractivity contribution in [3.8, 4) is 5.88 Å². The Kier molecular flexibility index (Phi) is 6.11. The first-order valence-electron chi connectivity index (χ1n) is 9.38. The molecular formula is C20H27N3O4. The zero-order valence-corrected chi connectivity index (χ0v) is 16.0. The molecule has 7 nitrogen and oxygen atoms in total. The average Bonchev–Trinajstić information content (AvgIpc) is 2.71. The van der Waals surface area contributed by atoms with Gasteiger partial charge in [-0.05, 0) is 31.7 Å². The van der Waals surface area contributed by atoms with E-state index in [4.69, 9.17) is 9.47 Å². The molecule has 0 aromatic carbocycles. The number of fused-ring (bicyclic) bond motifs is 1. The van der Waals surface area contributed by atoms with Crippen molar-refractivity contribution in [3.05, 3.63) is 35.7 Å². The Labute approximate surface area is 159 Å². The van der Waals surface area contributed by atoms with Crippen LogP contribution < -0.4 is 10.1 Å². The monoisotopic (exact) mass is 373 g/mol. The second kappa shape index (κ2) is 8.52. The number of piperidine rings is 1. The van der Waals surface area contributed by atoms with Crippen LogP contribution in [-0.4, -0.2) is 55.6 Å². The van der Waals surface area contributed by atoms with E-state index < -0.39 is 0 Å².